The molecule has 0 amide bonds. The van der Waals surface area contributed by atoms with Gasteiger partial charge >= 0.3 is 0 Å². The third-order valence-electron chi connectivity index (χ3n) is 1.50. The van der Waals surface area contributed by atoms with Crippen molar-refractivity contribution in [1.29, 1.82) is 0 Å². The Morgan fingerprint density at radius 2 is 2.17 bits per heavy atom. The molecule has 0 bridgehead atoms. The summed E-state index contributed by atoms with van der Waals surface area (Å²) in [5, 5.41) is 10.4. The Morgan fingerprint density at radius 3 is 2.67 bits per heavy atom. The minimum atomic E-state index is -0.475. The lowest BCUT2D eigenvalue weighted by Gasteiger charge is -2.00. The fourth-order valence-corrected chi connectivity index (χ4v) is 1.30. The van der Waals surface area contributed by atoms with E-state index in [4.69, 9.17) is 5.73 Å². The number of hydrogen-bond donors (Lipinski definition) is 1. The average Bonchev–Trinajstić information content (AvgIpc) is 1.96. The summed E-state index contributed by atoms with van der Waals surface area (Å²) in [6.07, 6.45) is 0. The second kappa shape index (κ2) is 3.26. The summed E-state index contributed by atoms with van der Waals surface area (Å²) in [5.41, 5.74) is 6.60. The van der Waals surface area contributed by atoms with Crippen LogP contribution in [0.25, 0.3) is 0 Å². The zero-order chi connectivity index (χ0) is 9.30. The number of nitrogens with two attached hydrogens (primary N) is 1. The first-order valence-corrected chi connectivity index (χ1v) is 4.30. The lowest BCUT2D eigenvalue weighted by molar-refractivity contribution is -0.384. The lowest BCUT2D eigenvalue weighted by atomic mass is 10.2. The van der Waals surface area contributed by atoms with Gasteiger partial charge in [0.1, 0.15) is 5.69 Å². The maximum Gasteiger partial charge on any atom is 0.293 e. The molecule has 0 aliphatic rings. The van der Waals surface area contributed by atoms with Crippen LogP contribution in [0, 0.1) is 20.6 Å². The Kier molecular flexibility index (Phi) is 2.51. The Labute approximate surface area is 83.1 Å². The monoisotopic (exact) mass is 278 g/mol. The van der Waals surface area contributed by atoms with Crippen molar-refractivity contribution in [2.75, 3.05) is 5.73 Å². The van der Waals surface area contributed by atoms with E-state index in [9.17, 15) is 10.1 Å². The van der Waals surface area contributed by atoms with Gasteiger partial charge < -0.3 is 5.73 Å². The van der Waals surface area contributed by atoms with Crippen molar-refractivity contribution in [3.8, 4) is 0 Å². The molecule has 0 aliphatic heterocycles. The molecule has 64 valence electrons. The van der Waals surface area contributed by atoms with Crippen LogP contribution in [-0.2, 0) is 0 Å². The van der Waals surface area contributed by atoms with Crippen LogP contribution in [0.3, 0.4) is 0 Å². The Morgan fingerprint density at radius 1 is 1.58 bits per heavy atom. The van der Waals surface area contributed by atoms with Gasteiger partial charge in [-0.3, -0.25) is 10.1 Å². The van der Waals surface area contributed by atoms with E-state index in [1.54, 1.807) is 6.07 Å². The predicted octanol–water partition coefficient (Wildman–Crippen LogP) is 2.09. The maximum atomic E-state index is 10.4. The molecule has 0 atom stereocenters. The van der Waals surface area contributed by atoms with E-state index in [0.717, 1.165) is 9.13 Å². The number of halogens is 1. The van der Waals surface area contributed by atoms with Gasteiger partial charge in [-0.1, -0.05) is 0 Å². The molecule has 2 N–H and O–H groups in total. The molecule has 0 aliphatic carbocycles. The number of anilines is 1. The molecule has 12 heavy (non-hydrogen) atoms. The van der Waals surface area contributed by atoms with Crippen LogP contribution in [0.1, 0.15) is 5.56 Å². The standard InChI is InChI=1S/C7H7IN2O2/c1-4-2-6(9)7(10(11)12)3-5(4)8/h2-3H,9H2,1H3. The van der Waals surface area contributed by atoms with Gasteiger partial charge in [-0.15, -0.1) is 0 Å². The SMILES string of the molecule is Cc1cc(N)c([N+](=O)[O-])cc1I. The maximum absolute atomic E-state index is 10.4. The van der Waals surface area contributed by atoms with Crippen molar-refractivity contribution in [2.24, 2.45) is 0 Å². The smallest absolute Gasteiger partial charge is 0.293 e. The van der Waals surface area contributed by atoms with E-state index < -0.39 is 4.92 Å². The third kappa shape index (κ3) is 1.66. The molecule has 5 heteroatoms. The number of aryl methyl sites for hydroxylation is 1. The van der Waals surface area contributed by atoms with Gasteiger partial charge in [0.15, 0.2) is 0 Å². The summed E-state index contributed by atoms with van der Waals surface area (Å²) in [7, 11) is 0. The van der Waals surface area contributed by atoms with Crippen LogP contribution in [-0.4, -0.2) is 4.92 Å². The number of rotatable bonds is 1. The van der Waals surface area contributed by atoms with E-state index in [-0.39, 0.29) is 11.4 Å². The molecular weight excluding hydrogens is 271 g/mol. The van der Waals surface area contributed by atoms with Crippen LogP contribution >= 0.6 is 22.6 Å². The Hall–Kier alpha value is -0.850. The van der Waals surface area contributed by atoms with E-state index >= 15 is 0 Å². The van der Waals surface area contributed by atoms with Gasteiger partial charge in [0, 0.05) is 9.64 Å². The summed E-state index contributed by atoms with van der Waals surface area (Å²) in [6, 6.07) is 3.09. The summed E-state index contributed by atoms with van der Waals surface area (Å²) < 4.78 is 0.855. The molecule has 1 rings (SSSR count). The van der Waals surface area contributed by atoms with Crippen LogP contribution < -0.4 is 5.73 Å². The number of benzene rings is 1. The fraction of sp³-hybridized carbons (Fsp3) is 0.143. The highest BCUT2D eigenvalue weighted by atomic mass is 127. The Balaban J connectivity index is 3.33. The number of nitrogens with zero attached hydrogens (tertiary/aromatic N) is 1. The first-order chi connectivity index (χ1) is 5.52. The fourth-order valence-electron chi connectivity index (χ4n) is 0.851. The molecule has 1 aromatic rings. The molecule has 0 spiro atoms. The third-order valence-corrected chi connectivity index (χ3v) is 2.67. The normalized spacial score (nSPS) is 9.83. The minimum absolute atomic E-state index is 0.0231. The minimum Gasteiger partial charge on any atom is -0.393 e. The first-order valence-electron chi connectivity index (χ1n) is 3.22. The van der Waals surface area contributed by atoms with Gasteiger partial charge in [0.05, 0.1) is 4.92 Å². The van der Waals surface area contributed by atoms with Crippen molar-refractivity contribution in [3.63, 3.8) is 0 Å². The summed E-state index contributed by atoms with van der Waals surface area (Å²) in [6.45, 7) is 1.86. The van der Waals surface area contributed by atoms with Gasteiger partial charge in [0.25, 0.3) is 5.69 Å². The van der Waals surface area contributed by atoms with E-state index in [0.29, 0.717) is 0 Å². The molecule has 0 heterocycles. The summed E-state index contributed by atoms with van der Waals surface area (Å²) >= 11 is 2.04. The molecule has 0 aromatic heterocycles. The Bertz CT molecular complexity index is 338. The molecule has 0 saturated carbocycles. The highest BCUT2D eigenvalue weighted by Crippen LogP contribution is 2.25. The van der Waals surface area contributed by atoms with Crippen LogP contribution in [0.2, 0.25) is 0 Å². The highest BCUT2D eigenvalue weighted by Gasteiger charge is 2.12. The molecule has 4 nitrogen and oxygen atoms in total. The highest BCUT2D eigenvalue weighted by molar-refractivity contribution is 14.1. The van der Waals surface area contributed by atoms with Crippen molar-refractivity contribution in [1.82, 2.24) is 0 Å². The number of nitrogen functional groups attached to an aromatic ring is 1. The van der Waals surface area contributed by atoms with E-state index in [1.165, 1.54) is 6.07 Å². The molecule has 0 radical (unpaired) electrons. The molecule has 1 aromatic carbocycles. The zero-order valence-corrected chi connectivity index (χ0v) is 8.53. The number of hydrogen-bond acceptors (Lipinski definition) is 3. The van der Waals surface area contributed by atoms with Crippen molar-refractivity contribution >= 4 is 34.0 Å². The van der Waals surface area contributed by atoms with Crippen molar-refractivity contribution < 1.29 is 4.92 Å². The summed E-state index contributed by atoms with van der Waals surface area (Å²) in [4.78, 5) is 9.93. The average molecular weight is 278 g/mol. The van der Waals surface area contributed by atoms with Crippen molar-refractivity contribution in [2.45, 2.75) is 6.92 Å². The van der Waals surface area contributed by atoms with Gasteiger partial charge in [-0.2, -0.15) is 0 Å². The lowest BCUT2D eigenvalue weighted by Crippen LogP contribution is -1.97. The summed E-state index contributed by atoms with van der Waals surface area (Å²) in [5.74, 6) is 0. The van der Waals surface area contributed by atoms with Gasteiger partial charge in [-0.05, 0) is 41.1 Å². The predicted molar refractivity (Wildman–Crippen MR) is 55.0 cm³/mol. The topological polar surface area (TPSA) is 69.2 Å². The molecule has 0 unspecified atom stereocenters. The second-order valence-electron chi connectivity index (χ2n) is 2.42. The van der Waals surface area contributed by atoms with Crippen LogP contribution in [0.15, 0.2) is 12.1 Å². The van der Waals surface area contributed by atoms with Gasteiger partial charge in [0.2, 0.25) is 0 Å². The second-order valence-corrected chi connectivity index (χ2v) is 3.58. The number of nitro benzene ring substituents is 1. The molecule has 0 saturated heterocycles. The van der Waals surface area contributed by atoms with E-state index in [1.807, 2.05) is 29.5 Å². The van der Waals surface area contributed by atoms with Crippen molar-refractivity contribution in [3.05, 3.63) is 31.4 Å². The van der Waals surface area contributed by atoms with Crippen LogP contribution in [0.4, 0.5) is 11.4 Å². The number of nitro groups is 1. The zero-order valence-electron chi connectivity index (χ0n) is 6.37. The molecular formula is C7H7IN2O2. The quantitative estimate of drug-likeness (QED) is 0.370. The largest absolute Gasteiger partial charge is 0.393 e. The van der Waals surface area contributed by atoms with Gasteiger partial charge in [-0.25, -0.2) is 0 Å². The first kappa shape index (κ1) is 9.24. The van der Waals surface area contributed by atoms with E-state index in [2.05, 4.69) is 0 Å². The molecule has 0 fully saturated rings. The van der Waals surface area contributed by atoms with Crippen LogP contribution in [0.5, 0.6) is 0 Å².